The summed E-state index contributed by atoms with van der Waals surface area (Å²) in [6.07, 6.45) is 3.35. The van der Waals surface area contributed by atoms with Crippen LogP contribution in [0.1, 0.15) is 49.6 Å². The number of amides is 1. The highest BCUT2D eigenvalue weighted by atomic mass is 16.2. The van der Waals surface area contributed by atoms with Crippen molar-refractivity contribution in [3.63, 3.8) is 0 Å². The second kappa shape index (κ2) is 4.15. The minimum atomic E-state index is -0.115. The molecule has 1 heterocycles. The van der Waals surface area contributed by atoms with Crippen LogP contribution in [0, 0.1) is 0 Å². The van der Waals surface area contributed by atoms with E-state index >= 15 is 0 Å². The predicted molar refractivity (Wildman–Crippen MR) is 62.1 cm³/mol. The number of nitrogens with zero attached hydrogens (tertiary/aromatic N) is 2. The van der Waals surface area contributed by atoms with Gasteiger partial charge in [0.2, 0.25) is 0 Å². The van der Waals surface area contributed by atoms with Gasteiger partial charge in [0.15, 0.2) is 5.69 Å². The van der Waals surface area contributed by atoms with E-state index in [0.29, 0.717) is 17.6 Å². The molecule has 0 spiro atoms. The van der Waals surface area contributed by atoms with Crippen LogP contribution < -0.4 is 11.1 Å². The lowest BCUT2D eigenvalue weighted by Crippen LogP contribution is -2.39. The summed E-state index contributed by atoms with van der Waals surface area (Å²) in [7, 11) is 0. The van der Waals surface area contributed by atoms with E-state index in [1.165, 1.54) is 6.42 Å². The minimum absolute atomic E-state index is 0.115. The van der Waals surface area contributed by atoms with Crippen molar-refractivity contribution in [3.8, 4) is 0 Å². The zero-order valence-electron chi connectivity index (χ0n) is 9.73. The van der Waals surface area contributed by atoms with Crippen LogP contribution in [-0.4, -0.2) is 21.7 Å². The van der Waals surface area contributed by atoms with E-state index < -0.39 is 0 Å². The van der Waals surface area contributed by atoms with Gasteiger partial charge in [0, 0.05) is 18.2 Å². The van der Waals surface area contributed by atoms with Crippen LogP contribution >= 0.6 is 0 Å². The number of nitrogens with two attached hydrogens (primary N) is 1. The molecule has 0 unspecified atom stereocenters. The Labute approximate surface area is 95.0 Å². The molecule has 1 fully saturated rings. The fourth-order valence-corrected chi connectivity index (χ4v) is 1.75. The predicted octanol–water partition coefficient (Wildman–Crippen LogP) is 1.33. The average Bonchev–Trinajstić information content (AvgIpc) is 2.53. The van der Waals surface area contributed by atoms with Crippen LogP contribution in [-0.2, 0) is 0 Å². The highest BCUT2D eigenvalue weighted by molar-refractivity contribution is 5.93. The summed E-state index contributed by atoms with van der Waals surface area (Å²) in [5.74, 6) is 0.421. The highest BCUT2D eigenvalue weighted by Gasteiger charge is 2.22. The van der Waals surface area contributed by atoms with Crippen LogP contribution in [0.3, 0.4) is 0 Å². The Bertz CT molecular complexity index is 393. The van der Waals surface area contributed by atoms with E-state index in [1.807, 2.05) is 13.8 Å². The summed E-state index contributed by atoms with van der Waals surface area (Å²) in [4.78, 5) is 11.8. The average molecular weight is 222 g/mol. The van der Waals surface area contributed by atoms with Crippen molar-refractivity contribution in [2.75, 3.05) is 5.73 Å². The molecule has 1 saturated carbocycles. The molecule has 0 saturated heterocycles. The topological polar surface area (TPSA) is 72.9 Å². The van der Waals surface area contributed by atoms with Crippen LogP contribution in [0.25, 0.3) is 0 Å². The smallest absolute Gasteiger partial charge is 0.272 e. The normalized spacial score (nSPS) is 16.2. The Morgan fingerprint density at radius 3 is 2.75 bits per heavy atom. The number of anilines is 1. The molecule has 1 aromatic heterocycles. The number of nitrogen functional groups attached to an aromatic ring is 1. The zero-order chi connectivity index (χ0) is 11.7. The van der Waals surface area contributed by atoms with E-state index in [0.717, 1.165) is 12.8 Å². The summed E-state index contributed by atoms with van der Waals surface area (Å²) >= 11 is 0. The lowest BCUT2D eigenvalue weighted by atomic mass is 9.93. The number of carbonyl (C=O) groups excluding carboxylic acids is 1. The third kappa shape index (κ3) is 2.03. The summed E-state index contributed by atoms with van der Waals surface area (Å²) in [5, 5.41) is 7.14. The van der Waals surface area contributed by atoms with Crippen molar-refractivity contribution >= 4 is 11.7 Å². The number of aromatic nitrogens is 2. The SMILES string of the molecule is CC(C)n1nc(C(=O)NC2CCC2)cc1N. The molecule has 1 aliphatic carbocycles. The summed E-state index contributed by atoms with van der Waals surface area (Å²) in [6.45, 7) is 3.97. The largest absolute Gasteiger partial charge is 0.384 e. The molecule has 5 heteroatoms. The lowest BCUT2D eigenvalue weighted by molar-refractivity contribution is 0.0911. The van der Waals surface area contributed by atoms with Gasteiger partial charge in [-0.2, -0.15) is 5.10 Å². The minimum Gasteiger partial charge on any atom is -0.384 e. The molecule has 0 atom stereocenters. The molecule has 88 valence electrons. The van der Waals surface area contributed by atoms with Gasteiger partial charge < -0.3 is 11.1 Å². The standard InChI is InChI=1S/C11H18N4O/c1-7(2)15-10(12)6-9(14-15)11(16)13-8-4-3-5-8/h6-8H,3-5,12H2,1-2H3,(H,13,16). The molecule has 1 aromatic rings. The summed E-state index contributed by atoms with van der Waals surface area (Å²) in [5.41, 5.74) is 6.19. The van der Waals surface area contributed by atoms with Gasteiger partial charge in [-0.15, -0.1) is 0 Å². The molecule has 5 nitrogen and oxygen atoms in total. The Morgan fingerprint density at radius 1 is 1.62 bits per heavy atom. The fraction of sp³-hybridized carbons (Fsp3) is 0.636. The van der Waals surface area contributed by atoms with Gasteiger partial charge in [0.05, 0.1) is 0 Å². The van der Waals surface area contributed by atoms with Crippen molar-refractivity contribution in [2.24, 2.45) is 0 Å². The van der Waals surface area contributed by atoms with Crippen LogP contribution in [0.4, 0.5) is 5.82 Å². The molecule has 2 rings (SSSR count). The first-order valence-electron chi connectivity index (χ1n) is 5.74. The van der Waals surface area contributed by atoms with Gasteiger partial charge in [-0.3, -0.25) is 4.79 Å². The van der Waals surface area contributed by atoms with Crippen molar-refractivity contribution in [2.45, 2.75) is 45.2 Å². The molecule has 0 aliphatic heterocycles. The molecular formula is C11H18N4O. The third-order valence-corrected chi connectivity index (χ3v) is 2.93. The maximum Gasteiger partial charge on any atom is 0.272 e. The van der Waals surface area contributed by atoms with Gasteiger partial charge in [0.25, 0.3) is 5.91 Å². The van der Waals surface area contributed by atoms with Crippen molar-refractivity contribution in [1.29, 1.82) is 0 Å². The van der Waals surface area contributed by atoms with Crippen LogP contribution in [0.2, 0.25) is 0 Å². The van der Waals surface area contributed by atoms with Crippen LogP contribution in [0.15, 0.2) is 6.07 Å². The Morgan fingerprint density at radius 2 is 2.31 bits per heavy atom. The first-order chi connectivity index (χ1) is 7.58. The molecule has 1 aliphatic rings. The van der Waals surface area contributed by atoms with Gasteiger partial charge in [0.1, 0.15) is 5.82 Å². The Hall–Kier alpha value is -1.52. The van der Waals surface area contributed by atoms with Gasteiger partial charge in [-0.25, -0.2) is 4.68 Å². The van der Waals surface area contributed by atoms with Crippen molar-refractivity contribution in [3.05, 3.63) is 11.8 Å². The van der Waals surface area contributed by atoms with E-state index in [9.17, 15) is 4.79 Å². The zero-order valence-corrected chi connectivity index (χ0v) is 9.73. The quantitative estimate of drug-likeness (QED) is 0.810. The number of carbonyl (C=O) groups is 1. The number of nitrogens with one attached hydrogen (secondary N) is 1. The molecule has 3 N–H and O–H groups in total. The van der Waals surface area contributed by atoms with E-state index in [2.05, 4.69) is 10.4 Å². The number of hydrogen-bond acceptors (Lipinski definition) is 3. The number of rotatable bonds is 3. The van der Waals surface area contributed by atoms with E-state index in [1.54, 1.807) is 10.7 Å². The molecule has 0 aromatic carbocycles. The van der Waals surface area contributed by atoms with Gasteiger partial charge in [-0.05, 0) is 33.1 Å². The Kier molecular flexibility index (Phi) is 2.85. The van der Waals surface area contributed by atoms with Gasteiger partial charge >= 0.3 is 0 Å². The molecular weight excluding hydrogens is 204 g/mol. The van der Waals surface area contributed by atoms with Crippen LogP contribution in [0.5, 0.6) is 0 Å². The first kappa shape index (κ1) is 11.0. The lowest BCUT2D eigenvalue weighted by Gasteiger charge is -2.25. The summed E-state index contributed by atoms with van der Waals surface area (Å²) in [6, 6.07) is 2.14. The maximum absolute atomic E-state index is 11.8. The number of hydrogen-bond donors (Lipinski definition) is 2. The third-order valence-electron chi connectivity index (χ3n) is 2.93. The molecule has 1 amide bonds. The second-order valence-electron chi connectivity index (χ2n) is 4.59. The van der Waals surface area contributed by atoms with Gasteiger partial charge in [-0.1, -0.05) is 0 Å². The Balaban J connectivity index is 2.07. The van der Waals surface area contributed by atoms with Crippen molar-refractivity contribution in [1.82, 2.24) is 15.1 Å². The van der Waals surface area contributed by atoms with Crippen molar-refractivity contribution < 1.29 is 4.79 Å². The fourth-order valence-electron chi connectivity index (χ4n) is 1.75. The first-order valence-corrected chi connectivity index (χ1v) is 5.74. The maximum atomic E-state index is 11.8. The van der Waals surface area contributed by atoms with E-state index in [-0.39, 0.29) is 11.9 Å². The highest BCUT2D eigenvalue weighted by Crippen LogP contribution is 2.19. The molecule has 0 radical (unpaired) electrons. The summed E-state index contributed by atoms with van der Waals surface area (Å²) < 4.78 is 1.66. The second-order valence-corrected chi connectivity index (χ2v) is 4.59. The molecule has 0 bridgehead atoms. The van der Waals surface area contributed by atoms with E-state index in [4.69, 9.17) is 5.73 Å². The monoisotopic (exact) mass is 222 g/mol. The molecule has 16 heavy (non-hydrogen) atoms.